The molecule has 0 bridgehead atoms. The van der Waals surface area contributed by atoms with Crippen LogP contribution in [-0.2, 0) is 4.79 Å². The van der Waals surface area contributed by atoms with Gasteiger partial charge in [0.2, 0.25) is 5.91 Å². The fourth-order valence-corrected chi connectivity index (χ4v) is 3.16. The van der Waals surface area contributed by atoms with Crippen LogP contribution >= 0.6 is 0 Å². The molecule has 1 amide bonds. The van der Waals surface area contributed by atoms with Crippen LogP contribution in [0.4, 0.5) is 8.78 Å². The number of nitrogens with one attached hydrogen (secondary N) is 2. The van der Waals surface area contributed by atoms with E-state index in [1.807, 2.05) is 67.6 Å². The van der Waals surface area contributed by atoms with Gasteiger partial charge < -0.3 is 15.4 Å². The molecular weight excluding hydrogens is 386 g/mol. The Balaban J connectivity index is 1.69. The molecular formula is C24H24F2N2O2. The molecule has 0 aliphatic rings. The van der Waals surface area contributed by atoms with Crippen LogP contribution in [0.5, 0.6) is 5.75 Å². The maximum absolute atomic E-state index is 12.7. The minimum absolute atomic E-state index is 0.0258. The number of halogens is 2. The van der Waals surface area contributed by atoms with Crippen molar-refractivity contribution in [2.45, 2.75) is 25.6 Å². The first kappa shape index (κ1) is 21.5. The van der Waals surface area contributed by atoms with Gasteiger partial charge in [0.1, 0.15) is 5.75 Å². The van der Waals surface area contributed by atoms with Crippen molar-refractivity contribution in [2.75, 3.05) is 6.54 Å². The van der Waals surface area contributed by atoms with Crippen LogP contribution in [0.25, 0.3) is 0 Å². The Labute approximate surface area is 174 Å². The van der Waals surface area contributed by atoms with Gasteiger partial charge >= 0.3 is 6.61 Å². The van der Waals surface area contributed by atoms with E-state index in [0.29, 0.717) is 0 Å². The Morgan fingerprint density at radius 1 is 0.833 bits per heavy atom. The molecule has 2 atom stereocenters. The van der Waals surface area contributed by atoms with E-state index in [1.54, 1.807) is 12.1 Å². The first-order chi connectivity index (χ1) is 14.5. The zero-order chi connectivity index (χ0) is 21.3. The number of carbonyl (C=O) groups is 1. The van der Waals surface area contributed by atoms with Crippen molar-refractivity contribution >= 4 is 5.91 Å². The topological polar surface area (TPSA) is 50.4 Å². The lowest BCUT2D eigenvalue weighted by Gasteiger charge is -2.21. The van der Waals surface area contributed by atoms with Gasteiger partial charge in [0.15, 0.2) is 0 Å². The highest BCUT2D eigenvalue weighted by molar-refractivity contribution is 5.79. The van der Waals surface area contributed by atoms with Crippen LogP contribution < -0.4 is 15.4 Å². The molecule has 0 spiro atoms. The van der Waals surface area contributed by atoms with E-state index < -0.39 is 12.7 Å². The summed E-state index contributed by atoms with van der Waals surface area (Å²) in [5.41, 5.74) is 2.76. The Bertz CT molecular complexity index is 919. The molecule has 0 aliphatic heterocycles. The van der Waals surface area contributed by atoms with Crippen LogP contribution in [0.3, 0.4) is 0 Å². The fraction of sp³-hybridized carbons (Fsp3) is 0.208. The van der Waals surface area contributed by atoms with Gasteiger partial charge in [-0.2, -0.15) is 8.78 Å². The van der Waals surface area contributed by atoms with Crippen LogP contribution in [-0.4, -0.2) is 19.1 Å². The molecule has 0 aliphatic carbocycles. The maximum Gasteiger partial charge on any atom is 0.387 e. The molecule has 3 aromatic rings. The Hall–Kier alpha value is -3.25. The average molecular weight is 410 g/mol. The van der Waals surface area contributed by atoms with E-state index in [-0.39, 0.29) is 24.2 Å². The lowest BCUT2D eigenvalue weighted by atomic mass is 9.98. The van der Waals surface area contributed by atoms with Crippen molar-refractivity contribution in [1.29, 1.82) is 0 Å². The minimum Gasteiger partial charge on any atom is -0.435 e. The van der Waals surface area contributed by atoms with Gasteiger partial charge in [0, 0.05) is 6.04 Å². The van der Waals surface area contributed by atoms with Crippen molar-refractivity contribution in [3.05, 3.63) is 102 Å². The second kappa shape index (κ2) is 10.5. The quantitative estimate of drug-likeness (QED) is 0.531. The minimum atomic E-state index is -2.88. The van der Waals surface area contributed by atoms with E-state index in [1.165, 1.54) is 12.1 Å². The number of amides is 1. The monoisotopic (exact) mass is 410 g/mol. The molecule has 156 valence electrons. The van der Waals surface area contributed by atoms with E-state index in [2.05, 4.69) is 15.4 Å². The summed E-state index contributed by atoms with van der Waals surface area (Å²) in [6.45, 7) is -0.733. The normalized spacial score (nSPS) is 12.9. The smallest absolute Gasteiger partial charge is 0.387 e. The molecule has 0 unspecified atom stereocenters. The number of benzene rings is 3. The molecule has 2 N–H and O–H groups in total. The zero-order valence-corrected chi connectivity index (χ0v) is 16.6. The number of hydrogen-bond donors (Lipinski definition) is 2. The Morgan fingerprint density at radius 3 is 1.93 bits per heavy atom. The van der Waals surface area contributed by atoms with Gasteiger partial charge in [-0.05, 0) is 35.7 Å². The van der Waals surface area contributed by atoms with Crippen molar-refractivity contribution in [1.82, 2.24) is 10.6 Å². The summed E-state index contributed by atoms with van der Waals surface area (Å²) in [6.07, 6.45) is 0. The third kappa shape index (κ3) is 6.12. The third-order valence-electron chi connectivity index (χ3n) is 4.75. The van der Waals surface area contributed by atoms with E-state index in [0.717, 1.165) is 16.7 Å². The number of hydrogen-bond acceptors (Lipinski definition) is 3. The predicted octanol–water partition coefficient (Wildman–Crippen LogP) is 4.84. The van der Waals surface area contributed by atoms with Crippen molar-refractivity contribution in [2.24, 2.45) is 0 Å². The molecule has 0 saturated heterocycles. The summed E-state index contributed by atoms with van der Waals surface area (Å²) < 4.78 is 29.2. The van der Waals surface area contributed by atoms with Gasteiger partial charge in [0.25, 0.3) is 0 Å². The number of carbonyl (C=O) groups excluding carboxylic acids is 1. The molecule has 0 heterocycles. The molecule has 3 rings (SSSR count). The Kier molecular flexibility index (Phi) is 7.51. The molecule has 3 aromatic carbocycles. The summed E-state index contributed by atoms with van der Waals surface area (Å²) in [6, 6.07) is 25.3. The second-order valence-corrected chi connectivity index (χ2v) is 6.87. The molecule has 4 nitrogen and oxygen atoms in total. The summed E-state index contributed by atoms with van der Waals surface area (Å²) in [5, 5.41) is 6.25. The van der Waals surface area contributed by atoms with Crippen molar-refractivity contribution < 1.29 is 18.3 Å². The lowest BCUT2D eigenvalue weighted by Crippen LogP contribution is -2.37. The van der Waals surface area contributed by atoms with E-state index in [9.17, 15) is 13.6 Å². The second-order valence-electron chi connectivity index (χ2n) is 6.87. The van der Waals surface area contributed by atoms with Crippen molar-refractivity contribution in [3.63, 3.8) is 0 Å². The largest absolute Gasteiger partial charge is 0.435 e. The summed E-state index contributed by atoms with van der Waals surface area (Å²) >= 11 is 0. The molecule has 30 heavy (non-hydrogen) atoms. The first-order valence-electron chi connectivity index (χ1n) is 9.70. The zero-order valence-electron chi connectivity index (χ0n) is 16.6. The third-order valence-corrected chi connectivity index (χ3v) is 4.75. The molecule has 0 radical (unpaired) electrons. The van der Waals surface area contributed by atoms with Crippen LogP contribution in [0.1, 0.15) is 35.7 Å². The highest BCUT2D eigenvalue weighted by atomic mass is 19.3. The number of rotatable bonds is 9. The van der Waals surface area contributed by atoms with Gasteiger partial charge in [0.05, 0.1) is 12.6 Å². The molecule has 0 saturated carbocycles. The standard InChI is InChI=1S/C24H24F2N2O2/c1-17(18-8-4-2-5-9-18)27-16-22(29)28-23(19-10-6-3-7-11-19)20-12-14-21(15-13-20)30-24(25)26/h2-15,17,23-24,27H,16H2,1H3,(H,28,29)/t17-,23+/m0/s1. The lowest BCUT2D eigenvalue weighted by molar-refractivity contribution is -0.120. The highest BCUT2D eigenvalue weighted by Crippen LogP contribution is 2.25. The van der Waals surface area contributed by atoms with Gasteiger partial charge in [-0.1, -0.05) is 72.8 Å². The summed E-state index contributed by atoms with van der Waals surface area (Å²) in [7, 11) is 0. The van der Waals surface area contributed by atoms with Crippen LogP contribution in [0.2, 0.25) is 0 Å². The molecule has 0 aromatic heterocycles. The highest BCUT2D eigenvalue weighted by Gasteiger charge is 2.18. The SMILES string of the molecule is C[C@H](NCC(=O)N[C@H](c1ccccc1)c1ccc(OC(F)F)cc1)c1ccccc1. The van der Waals surface area contributed by atoms with E-state index in [4.69, 9.17) is 0 Å². The Morgan fingerprint density at radius 2 is 1.37 bits per heavy atom. The summed E-state index contributed by atoms with van der Waals surface area (Å²) in [4.78, 5) is 12.7. The van der Waals surface area contributed by atoms with E-state index >= 15 is 0 Å². The maximum atomic E-state index is 12.7. The van der Waals surface area contributed by atoms with Crippen LogP contribution in [0.15, 0.2) is 84.9 Å². The summed E-state index contributed by atoms with van der Waals surface area (Å²) in [5.74, 6) is -0.0928. The van der Waals surface area contributed by atoms with Gasteiger partial charge in [-0.25, -0.2) is 0 Å². The number of ether oxygens (including phenoxy) is 1. The van der Waals surface area contributed by atoms with Crippen molar-refractivity contribution in [3.8, 4) is 5.75 Å². The molecule has 6 heteroatoms. The molecule has 0 fully saturated rings. The number of alkyl halides is 2. The average Bonchev–Trinajstić information content (AvgIpc) is 2.77. The predicted molar refractivity (Wildman–Crippen MR) is 112 cm³/mol. The fourth-order valence-electron chi connectivity index (χ4n) is 3.16. The van der Waals surface area contributed by atoms with Gasteiger partial charge in [-0.15, -0.1) is 0 Å². The van der Waals surface area contributed by atoms with Crippen LogP contribution in [0, 0.1) is 0 Å². The first-order valence-corrected chi connectivity index (χ1v) is 9.70. The van der Waals surface area contributed by atoms with Gasteiger partial charge in [-0.3, -0.25) is 4.79 Å².